The third-order valence-electron chi connectivity index (χ3n) is 2.22. The molecule has 18 heavy (non-hydrogen) atoms. The van der Waals surface area contributed by atoms with Crippen molar-refractivity contribution >= 4 is 11.8 Å². The zero-order valence-electron chi connectivity index (χ0n) is 9.07. The Morgan fingerprint density at radius 1 is 1.33 bits per heavy atom. The Labute approximate surface area is 105 Å². The van der Waals surface area contributed by atoms with Gasteiger partial charge in [0, 0.05) is 11.4 Å². The standard InChI is InChI=1S/C11H9F3N2OS/c12-11(13,14)9-5-8(2-1-7(9)6-15)18-10-16-3-4-17-10/h1-5H,6,15H2. The molecule has 0 fully saturated rings. The lowest BCUT2D eigenvalue weighted by Gasteiger charge is -2.12. The second-order valence-corrected chi connectivity index (χ2v) is 4.45. The number of nitrogens with zero attached hydrogens (tertiary/aromatic N) is 1. The molecule has 0 aliphatic heterocycles. The number of oxazole rings is 1. The van der Waals surface area contributed by atoms with Crippen molar-refractivity contribution in [2.24, 2.45) is 5.73 Å². The molecule has 2 aromatic rings. The Morgan fingerprint density at radius 2 is 2.11 bits per heavy atom. The van der Waals surface area contributed by atoms with Gasteiger partial charge in [0.25, 0.3) is 5.22 Å². The van der Waals surface area contributed by atoms with Gasteiger partial charge in [-0.25, -0.2) is 4.98 Å². The Morgan fingerprint density at radius 3 is 2.67 bits per heavy atom. The summed E-state index contributed by atoms with van der Waals surface area (Å²) < 4.78 is 43.3. The average Bonchev–Trinajstić information content (AvgIpc) is 2.80. The molecule has 0 aliphatic carbocycles. The van der Waals surface area contributed by atoms with E-state index in [4.69, 9.17) is 10.2 Å². The first-order valence-corrected chi connectivity index (χ1v) is 5.80. The normalized spacial score (nSPS) is 11.8. The van der Waals surface area contributed by atoms with Gasteiger partial charge >= 0.3 is 6.18 Å². The summed E-state index contributed by atoms with van der Waals surface area (Å²) in [5.74, 6) is 0. The summed E-state index contributed by atoms with van der Waals surface area (Å²) in [5, 5.41) is 0.295. The van der Waals surface area contributed by atoms with Crippen molar-refractivity contribution in [3.05, 3.63) is 41.8 Å². The monoisotopic (exact) mass is 274 g/mol. The molecule has 2 rings (SSSR count). The Kier molecular flexibility index (Phi) is 3.63. The molecule has 1 aromatic heterocycles. The molecule has 0 saturated carbocycles. The predicted molar refractivity (Wildman–Crippen MR) is 60.0 cm³/mol. The summed E-state index contributed by atoms with van der Waals surface area (Å²) in [5.41, 5.74) is 4.64. The van der Waals surface area contributed by atoms with E-state index in [2.05, 4.69) is 4.98 Å². The molecule has 0 unspecified atom stereocenters. The van der Waals surface area contributed by atoms with Crippen LogP contribution in [0.15, 0.2) is 45.2 Å². The quantitative estimate of drug-likeness (QED) is 0.933. The number of hydrogen-bond donors (Lipinski definition) is 1. The van der Waals surface area contributed by atoms with Gasteiger partial charge in [-0.15, -0.1) is 0 Å². The van der Waals surface area contributed by atoms with Crippen molar-refractivity contribution in [1.82, 2.24) is 4.98 Å². The van der Waals surface area contributed by atoms with Gasteiger partial charge in [-0.1, -0.05) is 6.07 Å². The molecule has 2 N–H and O–H groups in total. The van der Waals surface area contributed by atoms with Crippen LogP contribution in [0.5, 0.6) is 0 Å². The smallest absolute Gasteiger partial charge is 0.416 e. The van der Waals surface area contributed by atoms with Crippen LogP contribution in [0.25, 0.3) is 0 Å². The van der Waals surface area contributed by atoms with E-state index in [-0.39, 0.29) is 12.1 Å². The molecule has 0 aliphatic rings. The second kappa shape index (κ2) is 5.03. The Bertz CT molecular complexity index is 526. The van der Waals surface area contributed by atoms with Crippen LogP contribution in [0, 0.1) is 0 Å². The first kappa shape index (κ1) is 13.0. The van der Waals surface area contributed by atoms with Gasteiger partial charge in [-0.05, 0) is 29.5 Å². The summed E-state index contributed by atoms with van der Waals surface area (Å²) >= 11 is 1.03. The van der Waals surface area contributed by atoms with E-state index in [0.717, 1.165) is 17.8 Å². The van der Waals surface area contributed by atoms with Crippen LogP contribution in [-0.2, 0) is 12.7 Å². The van der Waals surface area contributed by atoms with Crippen molar-refractivity contribution < 1.29 is 17.6 Å². The average molecular weight is 274 g/mol. The number of rotatable bonds is 3. The third-order valence-corrected chi connectivity index (χ3v) is 3.09. The highest BCUT2D eigenvalue weighted by Gasteiger charge is 2.33. The molecular weight excluding hydrogens is 265 g/mol. The highest BCUT2D eigenvalue weighted by Crippen LogP contribution is 2.36. The molecule has 0 spiro atoms. The van der Waals surface area contributed by atoms with E-state index in [1.54, 1.807) is 6.07 Å². The third kappa shape index (κ3) is 2.85. The van der Waals surface area contributed by atoms with Crippen LogP contribution < -0.4 is 5.73 Å². The van der Waals surface area contributed by atoms with Gasteiger partial charge in [-0.2, -0.15) is 13.2 Å². The van der Waals surface area contributed by atoms with Crippen molar-refractivity contribution in [3.63, 3.8) is 0 Å². The first-order chi connectivity index (χ1) is 8.50. The minimum atomic E-state index is -4.41. The minimum Gasteiger partial charge on any atom is -0.440 e. The largest absolute Gasteiger partial charge is 0.440 e. The van der Waals surface area contributed by atoms with Crippen LogP contribution in [-0.4, -0.2) is 4.98 Å². The number of nitrogens with two attached hydrogens (primary N) is 1. The van der Waals surface area contributed by atoms with E-state index >= 15 is 0 Å². The van der Waals surface area contributed by atoms with Gasteiger partial charge in [-0.3, -0.25) is 0 Å². The number of alkyl halides is 3. The Hall–Kier alpha value is -1.47. The fourth-order valence-electron chi connectivity index (χ4n) is 1.42. The number of halogens is 3. The molecule has 96 valence electrons. The molecule has 0 saturated heterocycles. The van der Waals surface area contributed by atoms with Crippen LogP contribution in [0.4, 0.5) is 13.2 Å². The van der Waals surface area contributed by atoms with Crippen LogP contribution in [0.2, 0.25) is 0 Å². The van der Waals surface area contributed by atoms with Gasteiger partial charge < -0.3 is 10.2 Å². The number of aromatic nitrogens is 1. The lowest BCUT2D eigenvalue weighted by Crippen LogP contribution is -2.11. The van der Waals surface area contributed by atoms with E-state index in [0.29, 0.717) is 10.1 Å². The maximum atomic E-state index is 12.8. The van der Waals surface area contributed by atoms with Crippen molar-refractivity contribution in [2.45, 2.75) is 22.8 Å². The molecule has 1 aromatic carbocycles. The van der Waals surface area contributed by atoms with Gasteiger partial charge in [0.15, 0.2) is 0 Å². The summed E-state index contributed by atoms with van der Waals surface area (Å²) in [6.45, 7) is -0.154. The van der Waals surface area contributed by atoms with E-state index in [9.17, 15) is 13.2 Å². The van der Waals surface area contributed by atoms with E-state index in [1.807, 2.05) is 0 Å². The zero-order chi connectivity index (χ0) is 13.2. The van der Waals surface area contributed by atoms with E-state index < -0.39 is 11.7 Å². The van der Waals surface area contributed by atoms with Crippen molar-refractivity contribution in [2.75, 3.05) is 0 Å². The topological polar surface area (TPSA) is 52.0 Å². The fourth-order valence-corrected chi connectivity index (χ4v) is 2.15. The van der Waals surface area contributed by atoms with Crippen molar-refractivity contribution in [1.29, 1.82) is 0 Å². The van der Waals surface area contributed by atoms with Gasteiger partial charge in [0.2, 0.25) is 0 Å². The predicted octanol–water partition coefficient (Wildman–Crippen LogP) is 3.30. The number of benzene rings is 1. The molecule has 0 atom stereocenters. The fraction of sp³-hybridized carbons (Fsp3) is 0.182. The number of hydrogen-bond acceptors (Lipinski definition) is 4. The lowest BCUT2D eigenvalue weighted by molar-refractivity contribution is -0.138. The van der Waals surface area contributed by atoms with Gasteiger partial charge in [0.1, 0.15) is 6.26 Å². The zero-order valence-corrected chi connectivity index (χ0v) is 9.89. The molecule has 7 heteroatoms. The summed E-state index contributed by atoms with van der Waals surface area (Å²) in [6.07, 6.45) is -1.62. The summed E-state index contributed by atoms with van der Waals surface area (Å²) in [7, 11) is 0. The molecule has 0 radical (unpaired) electrons. The molecular formula is C11H9F3N2OS. The van der Waals surface area contributed by atoms with Crippen LogP contribution in [0.3, 0.4) is 0 Å². The SMILES string of the molecule is NCc1ccc(Sc2ncco2)cc1C(F)(F)F. The Balaban J connectivity index is 2.34. The van der Waals surface area contributed by atoms with E-state index in [1.165, 1.54) is 18.5 Å². The molecule has 0 bridgehead atoms. The van der Waals surface area contributed by atoms with Crippen LogP contribution >= 0.6 is 11.8 Å². The maximum absolute atomic E-state index is 12.8. The maximum Gasteiger partial charge on any atom is 0.416 e. The minimum absolute atomic E-state index is 0.0688. The van der Waals surface area contributed by atoms with Crippen LogP contribution in [0.1, 0.15) is 11.1 Å². The summed E-state index contributed by atoms with van der Waals surface area (Å²) in [6, 6.07) is 3.98. The highest BCUT2D eigenvalue weighted by atomic mass is 32.2. The lowest BCUT2D eigenvalue weighted by atomic mass is 10.1. The summed E-state index contributed by atoms with van der Waals surface area (Å²) in [4.78, 5) is 4.24. The van der Waals surface area contributed by atoms with Gasteiger partial charge in [0.05, 0.1) is 11.8 Å². The first-order valence-electron chi connectivity index (χ1n) is 4.98. The molecule has 0 amide bonds. The second-order valence-electron chi connectivity index (χ2n) is 3.42. The molecule has 1 heterocycles. The van der Waals surface area contributed by atoms with Crippen molar-refractivity contribution in [3.8, 4) is 0 Å². The molecule has 3 nitrogen and oxygen atoms in total. The highest BCUT2D eigenvalue weighted by molar-refractivity contribution is 7.99.